The van der Waals surface area contributed by atoms with Crippen molar-refractivity contribution in [3.63, 3.8) is 0 Å². The zero-order valence-electron chi connectivity index (χ0n) is 17.0. The minimum absolute atomic E-state index is 0.00904. The number of carbonyl (C=O) groups is 2. The monoisotopic (exact) mass is 407 g/mol. The van der Waals surface area contributed by atoms with Gasteiger partial charge in [0.2, 0.25) is 5.91 Å². The highest BCUT2D eigenvalue weighted by Gasteiger charge is 2.23. The van der Waals surface area contributed by atoms with Gasteiger partial charge in [-0.3, -0.25) is 14.5 Å². The summed E-state index contributed by atoms with van der Waals surface area (Å²) < 4.78 is 7.82. The predicted molar refractivity (Wildman–Crippen MR) is 112 cm³/mol. The highest BCUT2D eigenvalue weighted by Crippen LogP contribution is 2.18. The number of aromatic nitrogens is 2. The molecule has 3 heterocycles. The van der Waals surface area contributed by atoms with Crippen LogP contribution in [0.3, 0.4) is 0 Å². The highest BCUT2D eigenvalue weighted by molar-refractivity contribution is 5.94. The van der Waals surface area contributed by atoms with Crippen LogP contribution in [-0.2, 0) is 11.4 Å². The van der Waals surface area contributed by atoms with Crippen molar-refractivity contribution < 1.29 is 14.3 Å². The molecular formula is C22H25N5O3. The van der Waals surface area contributed by atoms with E-state index in [1.54, 1.807) is 19.2 Å². The van der Waals surface area contributed by atoms with Crippen molar-refractivity contribution in [2.24, 2.45) is 0 Å². The Hall–Kier alpha value is -3.39. The Labute approximate surface area is 175 Å². The van der Waals surface area contributed by atoms with Crippen LogP contribution in [0.5, 0.6) is 5.75 Å². The molecule has 4 rings (SSSR count). The van der Waals surface area contributed by atoms with Crippen LogP contribution in [0.1, 0.15) is 16.1 Å². The van der Waals surface area contributed by atoms with E-state index in [1.165, 1.54) is 0 Å². The summed E-state index contributed by atoms with van der Waals surface area (Å²) in [5.41, 5.74) is 2.29. The molecule has 30 heavy (non-hydrogen) atoms. The highest BCUT2D eigenvalue weighted by atomic mass is 16.5. The standard InChI is InChI=1S/C22H25N5O3/c1-23-21(28)15-25-9-11-26(12-10-25)22(29)17-5-4-6-19(13-17)30-16-18-14-27-8-3-2-7-20(27)24-18/h2-8,13-14H,9-12,15-16H2,1H3,(H,23,28). The van der Waals surface area contributed by atoms with E-state index < -0.39 is 0 Å². The Morgan fingerprint density at radius 3 is 2.70 bits per heavy atom. The molecule has 0 unspecified atom stereocenters. The summed E-state index contributed by atoms with van der Waals surface area (Å²) in [7, 11) is 1.63. The number of carbonyl (C=O) groups excluding carboxylic acids is 2. The van der Waals surface area contributed by atoms with Gasteiger partial charge >= 0.3 is 0 Å². The molecule has 0 saturated carbocycles. The average Bonchev–Trinajstić information content (AvgIpc) is 3.21. The number of amides is 2. The van der Waals surface area contributed by atoms with Gasteiger partial charge in [0.15, 0.2) is 0 Å². The number of imidazole rings is 1. The van der Waals surface area contributed by atoms with Crippen LogP contribution in [0.2, 0.25) is 0 Å². The molecular weight excluding hydrogens is 382 g/mol. The fourth-order valence-corrected chi connectivity index (χ4v) is 3.51. The van der Waals surface area contributed by atoms with Gasteiger partial charge in [-0.25, -0.2) is 4.98 Å². The maximum absolute atomic E-state index is 12.9. The van der Waals surface area contributed by atoms with Crippen LogP contribution in [0, 0.1) is 0 Å². The molecule has 0 atom stereocenters. The largest absolute Gasteiger partial charge is 0.487 e. The van der Waals surface area contributed by atoms with Gasteiger partial charge in [0.25, 0.3) is 5.91 Å². The SMILES string of the molecule is CNC(=O)CN1CCN(C(=O)c2cccc(OCc3cn4ccccc4n3)c2)CC1. The molecule has 3 aromatic rings. The molecule has 0 bridgehead atoms. The lowest BCUT2D eigenvalue weighted by Gasteiger charge is -2.34. The first-order valence-electron chi connectivity index (χ1n) is 10.00. The van der Waals surface area contributed by atoms with Crippen LogP contribution in [0.25, 0.3) is 5.65 Å². The summed E-state index contributed by atoms with van der Waals surface area (Å²) >= 11 is 0. The Balaban J connectivity index is 1.34. The Kier molecular flexibility index (Phi) is 5.94. The molecule has 8 nitrogen and oxygen atoms in total. The Morgan fingerprint density at radius 2 is 1.93 bits per heavy atom. The number of ether oxygens (including phenoxy) is 1. The molecule has 8 heteroatoms. The molecule has 1 aliphatic heterocycles. The Bertz CT molecular complexity index is 1010. The zero-order valence-corrected chi connectivity index (χ0v) is 17.0. The summed E-state index contributed by atoms with van der Waals surface area (Å²) in [6.45, 7) is 3.26. The van der Waals surface area contributed by atoms with Gasteiger partial charge in [0.1, 0.15) is 18.0 Å². The number of hydrogen-bond acceptors (Lipinski definition) is 5. The lowest BCUT2D eigenvalue weighted by molar-refractivity contribution is -0.122. The normalized spacial score (nSPS) is 14.6. The van der Waals surface area contributed by atoms with Gasteiger partial charge in [-0.05, 0) is 30.3 Å². The van der Waals surface area contributed by atoms with Crippen molar-refractivity contribution in [1.29, 1.82) is 0 Å². The number of pyridine rings is 1. The van der Waals surface area contributed by atoms with Gasteiger partial charge in [0, 0.05) is 51.2 Å². The van der Waals surface area contributed by atoms with Crippen LogP contribution in [-0.4, -0.2) is 70.8 Å². The molecule has 0 spiro atoms. The van der Waals surface area contributed by atoms with Crippen molar-refractivity contribution in [2.75, 3.05) is 39.8 Å². The van der Waals surface area contributed by atoms with E-state index in [9.17, 15) is 9.59 Å². The van der Waals surface area contributed by atoms with Gasteiger partial charge in [0.05, 0.1) is 12.2 Å². The molecule has 0 aliphatic carbocycles. The average molecular weight is 407 g/mol. The maximum Gasteiger partial charge on any atom is 0.254 e. The molecule has 0 radical (unpaired) electrons. The van der Waals surface area contributed by atoms with Crippen LogP contribution in [0.15, 0.2) is 54.9 Å². The molecule has 2 aromatic heterocycles. The third-order valence-electron chi connectivity index (χ3n) is 5.19. The molecule has 2 amide bonds. The second-order valence-electron chi connectivity index (χ2n) is 7.26. The van der Waals surface area contributed by atoms with Gasteiger partial charge in [-0.15, -0.1) is 0 Å². The van der Waals surface area contributed by atoms with E-state index in [0.717, 1.165) is 11.3 Å². The molecule has 1 aromatic carbocycles. The van der Waals surface area contributed by atoms with Crippen LogP contribution >= 0.6 is 0 Å². The molecule has 1 aliphatic rings. The number of fused-ring (bicyclic) bond motifs is 1. The van der Waals surface area contributed by atoms with E-state index in [2.05, 4.69) is 15.2 Å². The number of likely N-dealkylation sites (N-methyl/N-ethyl adjacent to an activating group) is 1. The van der Waals surface area contributed by atoms with E-state index in [-0.39, 0.29) is 11.8 Å². The molecule has 1 fully saturated rings. The van der Waals surface area contributed by atoms with Crippen molar-refractivity contribution in [3.8, 4) is 5.75 Å². The summed E-state index contributed by atoms with van der Waals surface area (Å²) in [6.07, 6.45) is 3.88. The quantitative estimate of drug-likeness (QED) is 0.669. The molecule has 1 saturated heterocycles. The van der Waals surface area contributed by atoms with E-state index in [0.29, 0.717) is 50.6 Å². The smallest absolute Gasteiger partial charge is 0.254 e. The number of hydrogen-bond donors (Lipinski definition) is 1. The number of nitrogens with zero attached hydrogens (tertiary/aromatic N) is 4. The third-order valence-corrected chi connectivity index (χ3v) is 5.19. The second-order valence-corrected chi connectivity index (χ2v) is 7.26. The summed E-state index contributed by atoms with van der Waals surface area (Å²) in [4.78, 5) is 32.8. The van der Waals surface area contributed by atoms with Crippen molar-refractivity contribution in [3.05, 3.63) is 66.1 Å². The van der Waals surface area contributed by atoms with Gasteiger partial charge in [-0.2, -0.15) is 0 Å². The summed E-state index contributed by atoms with van der Waals surface area (Å²) in [5, 5.41) is 2.63. The fraction of sp³-hybridized carbons (Fsp3) is 0.318. The molecule has 1 N–H and O–H groups in total. The van der Waals surface area contributed by atoms with E-state index in [1.807, 2.05) is 52.0 Å². The Morgan fingerprint density at radius 1 is 1.10 bits per heavy atom. The number of rotatable bonds is 6. The summed E-state index contributed by atoms with van der Waals surface area (Å²) in [5.74, 6) is 0.606. The first-order valence-corrected chi connectivity index (χ1v) is 10.00. The number of nitrogens with one attached hydrogen (secondary N) is 1. The lowest BCUT2D eigenvalue weighted by Crippen LogP contribution is -2.50. The van der Waals surface area contributed by atoms with Crippen LogP contribution in [0.4, 0.5) is 0 Å². The first kappa shape index (κ1) is 19.9. The fourth-order valence-electron chi connectivity index (χ4n) is 3.51. The van der Waals surface area contributed by atoms with Crippen molar-refractivity contribution in [2.45, 2.75) is 6.61 Å². The van der Waals surface area contributed by atoms with Gasteiger partial charge < -0.3 is 19.4 Å². The number of benzene rings is 1. The van der Waals surface area contributed by atoms with Crippen molar-refractivity contribution >= 4 is 17.5 Å². The van der Waals surface area contributed by atoms with Crippen LogP contribution < -0.4 is 10.1 Å². The van der Waals surface area contributed by atoms with Crippen molar-refractivity contribution in [1.82, 2.24) is 24.5 Å². The van der Waals surface area contributed by atoms with Gasteiger partial charge in [-0.1, -0.05) is 12.1 Å². The first-order chi connectivity index (χ1) is 14.6. The van der Waals surface area contributed by atoms with E-state index in [4.69, 9.17) is 4.74 Å². The second kappa shape index (κ2) is 8.96. The molecule has 156 valence electrons. The maximum atomic E-state index is 12.9. The zero-order chi connectivity index (χ0) is 20.9. The van der Waals surface area contributed by atoms with E-state index >= 15 is 0 Å². The topological polar surface area (TPSA) is 79.2 Å². The summed E-state index contributed by atoms with van der Waals surface area (Å²) in [6, 6.07) is 13.1. The minimum atomic E-state index is -0.0206. The third kappa shape index (κ3) is 4.60. The number of piperazine rings is 1. The predicted octanol–water partition coefficient (Wildman–Crippen LogP) is 1.42. The minimum Gasteiger partial charge on any atom is -0.487 e. The lowest BCUT2D eigenvalue weighted by atomic mass is 10.1.